The lowest BCUT2D eigenvalue weighted by Gasteiger charge is -2.21. The molecule has 2 aromatic rings. The summed E-state index contributed by atoms with van der Waals surface area (Å²) in [4.78, 5) is 25.0. The Kier molecular flexibility index (Phi) is 3.41. The second kappa shape index (κ2) is 5.24. The lowest BCUT2D eigenvalue weighted by Crippen LogP contribution is -2.41. The number of furan rings is 1. The predicted octanol–water partition coefficient (Wildman–Crippen LogP) is 2.36. The highest BCUT2D eigenvalue weighted by Gasteiger charge is 2.33. The molecule has 0 saturated carbocycles. The van der Waals surface area contributed by atoms with Gasteiger partial charge in [0.15, 0.2) is 0 Å². The summed E-state index contributed by atoms with van der Waals surface area (Å²) in [5.41, 5.74) is 2.67. The van der Waals surface area contributed by atoms with Crippen molar-refractivity contribution in [2.75, 3.05) is 6.54 Å². The molecule has 1 atom stereocenters. The third kappa shape index (κ3) is 2.51. The van der Waals surface area contributed by atoms with Crippen molar-refractivity contribution < 1.29 is 19.1 Å². The Balaban J connectivity index is 1.82. The van der Waals surface area contributed by atoms with Crippen molar-refractivity contribution in [3.63, 3.8) is 0 Å². The van der Waals surface area contributed by atoms with E-state index in [0.717, 1.165) is 28.5 Å². The number of amides is 1. The number of aliphatic carboxylic acids is 1. The van der Waals surface area contributed by atoms with Crippen molar-refractivity contribution in [3.05, 3.63) is 35.6 Å². The molecule has 0 unspecified atom stereocenters. The molecule has 0 spiro atoms. The molecule has 1 amide bonds. The van der Waals surface area contributed by atoms with Crippen molar-refractivity contribution in [1.29, 1.82) is 0 Å². The lowest BCUT2D eigenvalue weighted by atomic mass is 10.1. The van der Waals surface area contributed by atoms with Gasteiger partial charge in [-0.2, -0.15) is 0 Å². The third-order valence-corrected chi connectivity index (χ3v) is 4.01. The van der Waals surface area contributed by atoms with E-state index in [4.69, 9.17) is 9.52 Å². The van der Waals surface area contributed by atoms with Crippen LogP contribution in [0.1, 0.15) is 24.0 Å². The van der Waals surface area contributed by atoms with Gasteiger partial charge in [-0.05, 0) is 31.4 Å². The van der Waals surface area contributed by atoms with Gasteiger partial charge >= 0.3 is 5.97 Å². The first-order valence-electron chi connectivity index (χ1n) is 7.05. The Hall–Kier alpha value is -2.30. The molecule has 110 valence electrons. The van der Waals surface area contributed by atoms with Gasteiger partial charge in [-0.1, -0.05) is 12.1 Å². The molecule has 3 rings (SSSR count). The van der Waals surface area contributed by atoms with E-state index in [1.165, 1.54) is 4.90 Å². The van der Waals surface area contributed by atoms with Crippen molar-refractivity contribution in [2.45, 2.75) is 32.2 Å². The Labute approximate surface area is 122 Å². The van der Waals surface area contributed by atoms with Gasteiger partial charge in [-0.15, -0.1) is 0 Å². The smallest absolute Gasteiger partial charge is 0.326 e. The van der Waals surface area contributed by atoms with Crippen molar-refractivity contribution in [3.8, 4) is 0 Å². The van der Waals surface area contributed by atoms with Crippen molar-refractivity contribution >= 4 is 22.8 Å². The number of likely N-dealkylation sites (tertiary alicyclic amines) is 1. The number of rotatable bonds is 3. The number of fused-ring (bicyclic) bond motifs is 1. The zero-order chi connectivity index (χ0) is 15.0. The minimum absolute atomic E-state index is 0.150. The van der Waals surface area contributed by atoms with Crippen LogP contribution in [0.5, 0.6) is 0 Å². The molecule has 1 saturated heterocycles. The van der Waals surface area contributed by atoms with Crippen molar-refractivity contribution in [2.24, 2.45) is 0 Å². The van der Waals surface area contributed by atoms with E-state index in [1.54, 1.807) is 6.26 Å². The van der Waals surface area contributed by atoms with Gasteiger partial charge in [-0.25, -0.2) is 4.79 Å². The summed E-state index contributed by atoms with van der Waals surface area (Å²) in [6.07, 6.45) is 3.05. The van der Waals surface area contributed by atoms with Crippen LogP contribution in [0.2, 0.25) is 0 Å². The summed E-state index contributed by atoms with van der Waals surface area (Å²) in [7, 11) is 0. The highest BCUT2D eigenvalue weighted by atomic mass is 16.4. The quantitative estimate of drug-likeness (QED) is 0.940. The molecular weight excluding hydrogens is 270 g/mol. The molecule has 1 fully saturated rings. The largest absolute Gasteiger partial charge is 0.480 e. The minimum Gasteiger partial charge on any atom is -0.480 e. The monoisotopic (exact) mass is 287 g/mol. The number of carboxylic acids is 1. The zero-order valence-electron chi connectivity index (χ0n) is 11.8. The molecule has 2 heterocycles. The van der Waals surface area contributed by atoms with Crippen LogP contribution in [0.4, 0.5) is 0 Å². The van der Waals surface area contributed by atoms with Crippen LogP contribution in [0.15, 0.2) is 28.9 Å². The van der Waals surface area contributed by atoms with Crippen LogP contribution < -0.4 is 0 Å². The van der Waals surface area contributed by atoms with E-state index in [2.05, 4.69) is 0 Å². The topological polar surface area (TPSA) is 70.8 Å². The van der Waals surface area contributed by atoms with Crippen LogP contribution in [-0.2, 0) is 16.0 Å². The number of benzene rings is 1. The molecule has 1 aliphatic heterocycles. The molecule has 1 aliphatic rings. The highest BCUT2D eigenvalue weighted by Crippen LogP contribution is 2.25. The van der Waals surface area contributed by atoms with Gasteiger partial charge in [0.05, 0.1) is 12.7 Å². The van der Waals surface area contributed by atoms with Gasteiger partial charge in [0.2, 0.25) is 5.91 Å². The zero-order valence-corrected chi connectivity index (χ0v) is 11.8. The lowest BCUT2D eigenvalue weighted by molar-refractivity contribution is -0.147. The number of aryl methyl sites for hydroxylation is 1. The van der Waals surface area contributed by atoms with Crippen LogP contribution in [0.3, 0.4) is 0 Å². The van der Waals surface area contributed by atoms with Crippen molar-refractivity contribution in [1.82, 2.24) is 4.90 Å². The Morgan fingerprint density at radius 2 is 2.24 bits per heavy atom. The number of carboxylic acid groups (broad SMARTS) is 1. The summed E-state index contributed by atoms with van der Waals surface area (Å²) >= 11 is 0. The molecule has 1 N–H and O–H groups in total. The van der Waals surface area contributed by atoms with Gasteiger partial charge in [0, 0.05) is 17.5 Å². The van der Waals surface area contributed by atoms with Crippen LogP contribution in [0.25, 0.3) is 11.0 Å². The van der Waals surface area contributed by atoms with Crippen LogP contribution in [0, 0.1) is 6.92 Å². The number of hydrogen-bond acceptors (Lipinski definition) is 3. The molecular formula is C16H17NO4. The maximum Gasteiger partial charge on any atom is 0.326 e. The van der Waals surface area contributed by atoms with E-state index in [0.29, 0.717) is 13.0 Å². The Bertz CT molecular complexity index is 703. The average Bonchev–Trinajstić information content (AvgIpc) is 3.05. The molecule has 1 aromatic carbocycles. The van der Waals surface area contributed by atoms with Gasteiger partial charge in [-0.3, -0.25) is 4.79 Å². The maximum atomic E-state index is 12.4. The normalized spacial score (nSPS) is 18.3. The number of nitrogens with zero attached hydrogens (tertiary/aromatic N) is 1. The molecule has 5 heteroatoms. The Morgan fingerprint density at radius 3 is 3.00 bits per heavy atom. The second-order valence-electron chi connectivity index (χ2n) is 5.52. The predicted molar refractivity (Wildman–Crippen MR) is 77.0 cm³/mol. The van der Waals surface area contributed by atoms with E-state index in [9.17, 15) is 9.59 Å². The number of carbonyl (C=O) groups excluding carboxylic acids is 1. The summed E-state index contributed by atoms with van der Waals surface area (Å²) in [6, 6.07) is 5.16. The molecule has 21 heavy (non-hydrogen) atoms. The summed E-state index contributed by atoms with van der Waals surface area (Å²) < 4.78 is 5.48. The maximum absolute atomic E-state index is 12.4. The summed E-state index contributed by atoms with van der Waals surface area (Å²) in [5, 5.41) is 10.1. The van der Waals surface area contributed by atoms with E-state index < -0.39 is 12.0 Å². The Morgan fingerprint density at radius 1 is 1.43 bits per heavy atom. The standard InChI is InChI=1S/C16H17NO4/c1-10-4-5-12-11(9-21-14(12)7-10)8-15(18)17-6-2-3-13(17)16(19)20/h4-5,7,9,13H,2-3,6,8H2,1H3,(H,19,20)/t13-/m1/s1. The fourth-order valence-corrected chi connectivity index (χ4v) is 2.91. The third-order valence-electron chi connectivity index (χ3n) is 4.01. The fraction of sp³-hybridized carbons (Fsp3) is 0.375. The SMILES string of the molecule is Cc1ccc2c(CC(=O)N3CCC[C@@H]3C(=O)O)coc2c1. The van der Waals surface area contributed by atoms with Crippen LogP contribution in [-0.4, -0.2) is 34.5 Å². The minimum atomic E-state index is -0.923. The van der Waals surface area contributed by atoms with Gasteiger partial charge < -0.3 is 14.4 Å². The molecule has 0 aliphatic carbocycles. The van der Waals surface area contributed by atoms with Crippen LogP contribution >= 0.6 is 0 Å². The van der Waals surface area contributed by atoms with E-state index in [1.807, 2.05) is 25.1 Å². The average molecular weight is 287 g/mol. The van der Waals surface area contributed by atoms with Gasteiger partial charge in [0.1, 0.15) is 11.6 Å². The number of hydrogen-bond donors (Lipinski definition) is 1. The summed E-state index contributed by atoms with van der Waals surface area (Å²) in [6.45, 7) is 2.50. The molecule has 0 radical (unpaired) electrons. The van der Waals surface area contributed by atoms with E-state index in [-0.39, 0.29) is 12.3 Å². The second-order valence-corrected chi connectivity index (χ2v) is 5.52. The van der Waals surface area contributed by atoms with E-state index >= 15 is 0 Å². The molecule has 0 bridgehead atoms. The highest BCUT2D eigenvalue weighted by molar-refractivity contribution is 5.90. The molecule has 5 nitrogen and oxygen atoms in total. The number of carbonyl (C=O) groups is 2. The first kappa shape index (κ1) is 13.7. The summed E-state index contributed by atoms with van der Waals surface area (Å²) in [5.74, 6) is -1.07. The van der Waals surface area contributed by atoms with Gasteiger partial charge in [0.25, 0.3) is 0 Å². The fourth-order valence-electron chi connectivity index (χ4n) is 2.91. The molecule has 1 aromatic heterocycles. The first-order chi connectivity index (χ1) is 10.1. The first-order valence-corrected chi connectivity index (χ1v) is 7.05.